The lowest BCUT2D eigenvalue weighted by atomic mass is 10.1. The Labute approximate surface area is 134 Å². The van der Waals surface area contributed by atoms with Crippen LogP contribution in [0.4, 0.5) is 0 Å². The molecule has 0 atom stereocenters. The van der Waals surface area contributed by atoms with Crippen molar-refractivity contribution in [2.75, 3.05) is 14.1 Å². The average Bonchev–Trinajstić information content (AvgIpc) is 2.53. The van der Waals surface area contributed by atoms with Gasteiger partial charge in [0.25, 0.3) is 0 Å². The second kappa shape index (κ2) is 8.93. The van der Waals surface area contributed by atoms with Crippen LogP contribution in [0.3, 0.4) is 0 Å². The molecule has 0 saturated carbocycles. The lowest BCUT2D eigenvalue weighted by Gasteiger charge is -2.09. The van der Waals surface area contributed by atoms with Crippen LogP contribution in [0.15, 0.2) is 34.7 Å². The van der Waals surface area contributed by atoms with Gasteiger partial charge in [-0.3, -0.25) is 15.8 Å². The Bertz CT molecular complexity index is 554. The number of rotatable bonds is 4. The molecule has 9 heteroatoms. The molecule has 1 aromatic heterocycles. The first-order valence-electron chi connectivity index (χ1n) is 6.06. The highest BCUT2D eigenvalue weighted by molar-refractivity contribution is 7.80. The number of nitrogens with zero attached hydrogens (tertiary/aromatic N) is 3. The molecule has 0 aliphatic carbocycles. The highest BCUT2D eigenvalue weighted by atomic mass is 32.1. The van der Waals surface area contributed by atoms with E-state index in [-0.39, 0.29) is 0 Å². The number of nitrogens with one attached hydrogen (secondary N) is 4. The lowest BCUT2D eigenvalue weighted by molar-refractivity contribution is 0.966. The van der Waals surface area contributed by atoms with Crippen molar-refractivity contribution in [2.24, 2.45) is 10.2 Å². The van der Waals surface area contributed by atoms with E-state index in [4.69, 9.17) is 24.4 Å². The zero-order valence-electron chi connectivity index (χ0n) is 12.0. The van der Waals surface area contributed by atoms with Gasteiger partial charge in [0.05, 0.1) is 5.71 Å². The van der Waals surface area contributed by atoms with Crippen LogP contribution in [-0.2, 0) is 0 Å². The summed E-state index contributed by atoms with van der Waals surface area (Å²) in [6.07, 6.45) is 3.38. The fourth-order valence-corrected chi connectivity index (χ4v) is 1.35. The molecule has 0 aliphatic heterocycles. The monoisotopic (exact) mass is 323 g/mol. The van der Waals surface area contributed by atoms with Crippen molar-refractivity contribution in [1.29, 1.82) is 0 Å². The lowest BCUT2D eigenvalue weighted by Crippen LogP contribution is -2.32. The smallest absolute Gasteiger partial charge is 0.186 e. The summed E-state index contributed by atoms with van der Waals surface area (Å²) in [7, 11) is 3.42. The predicted molar refractivity (Wildman–Crippen MR) is 93.5 cm³/mol. The largest absolute Gasteiger partial charge is 0.364 e. The maximum Gasteiger partial charge on any atom is 0.186 e. The minimum absolute atomic E-state index is 0.405. The van der Waals surface area contributed by atoms with Crippen molar-refractivity contribution >= 4 is 46.1 Å². The second-order valence-corrected chi connectivity index (χ2v) is 4.60. The highest BCUT2D eigenvalue weighted by Gasteiger charge is 2.09. The molecule has 4 N–H and O–H groups in total. The van der Waals surface area contributed by atoms with Crippen molar-refractivity contribution in [3.8, 4) is 0 Å². The van der Waals surface area contributed by atoms with Crippen LogP contribution in [0.2, 0.25) is 0 Å². The van der Waals surface area contributed by atoms with E-state index in [9.17, 15) is 0 Å². The van der Waals surface area contributed by atoms with Crippen molar-refractivity contribution in [1.82, 2.24) is 26.5 Å². The molecule has 0 bridgehead atoms. The molecule has 0 saturated heterocycles. The molecular weight excluding hydrogens is 306 g/mol. The third kappa shape index (κ3) is 5.79. The summed E-state index contributed by atoms with van der Waals surface area (Å²) in [5, 5.41) is 14.8. The van der Waals surface area contributed by atoms with Gasteiger partial charge >= 0.3 is 0 Å². The number of thiocarbonyl (C=S) groups is 2. The minimum atomic E-state index is 0.405. The van der Waals surface area contributed by atoms with Gasteiger partial charge in [0.2, 0.25) is 0 Å². The Balaban J connectivity index is 3.02. The number of aromatic nitrogens is 1. The zero-order chi connectivity index (χ0) is 15.7. The normalized spacial score (nSPS) is 11.6. The van der Waals surface area contributed by atoms with Crippen LogP contribution in [0.1, 0.15) is 12.5 Å². The van der Waals surface area contributed by atoms with Gasteiger partial charge in [0, 0.05) is 32.1 Å². The number of hydrogen-bond donors (Lipinski definition) is 4. The summed E-state index contributed by atoms with van der Waals surface area (Å²) in [6, 6.07) is 3.70. The van der Waals surface area contributed by atoms with Gasteiger partial charge in [0.15, 0.2) is 10.2 Å². The van der Waals surface area contributed by atoms with Gasteiger partial charge in [-0.05, 0) is 43.5 Å². The van der Waals surface area contributed by atoms with Gasteiger partial charge in [-0.1, -0.05) is 0 Å². The minimum Gasteiger partial charge on any atom is -0.364 e. The quantitative estimate of drug-likeness (QED) is 0.361. The van der Waals surface area contributed by atoms with Gasteiger partial charge < -0.3 is 10.6 Å². The topological polar surface area (TPSA) is 85.7 Å². The van der Waals surface area contributed by atoms with Gasteiger partial charge in [-0.15, -0.1) is 0 Å². The standard InChI is InChI=1S/C12H17N7S2/c1-8(16-18-11(20)13-2)10(17-19-12(21)14-3)9-5-4-6-15-7-9/h4-7H,1-3H3,(H2,13,18,20)(H2,14,19,21). The maximum absolute atomic E-state index is 5.00. The summed E-state index contributed by atoms with van der Waals surface area (Å²) < 4.78 is 0. The van der Waals surface area contributed by atoms with E-state index in [2.05, 4.69) is 36.7 Å². The van der Waals surface area contributed by atoms with Crippen LogP contribution in [0.5, 0.6) is 0 Å². The van der Waals surface area contributed by atoms with E-state index in [1.54, 1.807) is 33.4 Å². The Hall–Kier alpha value is -2.13. The summed E-state index contributed by atoms with van der Waals surface area (Å²) in [5.74, 6) is 0. The average molecular weight is 323 g/mol. The van der Waals surface area contributed by atoms with Crippen LogP contribution in [0.25, 0.3) is 0 Å². The second-order valence-electron chi connectivity index (χ2n) is 3.78. The first kappa shape index (κ1) is 16.9. The third-order valence-corrected chi connectivity index (χ3v) is 2.92. The molecule has 0 radical (unpaired) electrons. The summed E-state index contributed by atoms with van der Waals surface area (Å²) >= 11 is 9.98. The Morgan fingerprint density at radius 2 is 1.71 bits per heavy atom. The molecule has 1 rings (SSSR count). The van der Waals surface area contributed by atoms with Crippen molar-refractivity contribution < 1.29 is 0 Å². The maximum atomic E-state index is 5.00. The van der Waals surface area contributed by atoms with E-state index in [0.717, 1.165) is 5.56 Å². The Morgan fingerprint density at radius 3 is 2.24 bits per heavy atom. The van der Waals surface area contributed by atoms with Crippen LogP contribution in [0, 0.1) is 0 Å². The molecule has 112 valence electrons. The molecule has 0 unspecified atom stereocenters. The molecule has 0 fully saturated rings. The number of hydrogen-bond acceptors (Lipinski definition) is 5. The Morgan fingerprint density at radius 1 is 1.10 bits per heavy atom. The molecule has 0 aliphatic rings. The molecule has 1 aromatic rings. The van der Waals surface area contributed by atoms with Crippen molar-refractivity contribution in [3.05, 3.63) is 30.1 Å². The molecule has 0 aromatic carbocycles. The van der Waals surface area contributed by atoms with Crippen LogP contribution >= 0.6 is 24.4 Å². The number of pyridine rings is 1. The predicted octanol–water partition coefficient (Wildman–Crippen LogP) is 0.349. The van der Waals surface area contributed by atoms with Crippen LogP contribution in [-0.4, -0.2) is 40.7 Å². The van der Waals surface area contributed by atoms with Crippen molar-refractivity contribution in [2.45, 2.75) is 6.92 Å². The van der Waals surface area contributed by atoms with E-state index < -0.39 is 0 Å². The third-order valence-electron chi connectivity index (χ3n) is 2.33. The SMILES string of the molecule is CNC(=S)NN=C(C)C(=NNC(=S)NC)c1cccnc1. The fourth-order valence-electron chi connectivity index (χ4n) is 1.26. The van der Waals surface area contributed by atoms with Gasteiger partial charge in [0.1, 0.15) is 5.71 Å². The van der Waals surface area contributed by atoms with Crippen LogP contribution < -0.4 is 21.5 Å². The van der Waals surface area contributed by atoms with E-state index in [1.807, 2.05) is 12.1 Å². The number of hydrazone groups is 2. The molecule has 21 heavy (non-hydrogen) atoms. The molecule has 1 heterocycles. The fraction of sp³-hybridized carbons (Fsp3) is 0.250. The summed E-state index contributed by atoms with van der Waals surface area (Å²) in [5.41, 5.74) is 7.49. The van der Waals surface area contributed by atoms with E-state index >= 15 is 0 Å². The molecule has 0 amide bonds. The highest BCUT2D eigenvalue weighted by Crippen LogP contribution is 2.01. The summed E-state index contributed by atoms with van der Waals surface area (Å²) in [6.45, 7) is 1.81. The first-order chi connectivity index (χ1) is 10.1. The molecular formula is C12H17N7S2. The van der Waals surface area contributed by atoms with Crippen molar-refractivity contribution in [3.63, 3.8) is 0 Å². The van der Waals surface area contributed by atoms with Gasteiger partial charge in [-0.25, -0.2) is 0 Å². The molecule has 0 spiro atoms. The Kier molecular flexibility index (Phi) is 7.19. The van der Waals surface area contributed by atoms with Gasteiger partial charge in [-0.2, -0.15) is 10.2 Å². The van der Waals surface area contributed by atoms with E-state index in [1.165, 1.54) is 0 Å². The molecule has 7 nitrogen and oxygen atoms in total. The first-order valence-corrected chi connectivity index (χ1v) is 6.88. The van der Waals surface area contributed by atoms with E-state index in [0.29, 0.717) is 21.6 Å². The zero-order valence-corrected chi connectivity index (χ0v) is 13.6. The summed E-state index contributed by atoms with van der Waals surface area (Å²) in [4.78, 5) is 4.08.